The minimum atomic E-state index is -4.87. The zero-order valence-electron chi connectivity index (χ0n) is 11.2. The van der Waals surface area contributed by atoms with Gasteiger partial charge in [-0.05, 0) is 30.3 Å². The first kappa shape index (κ1) is 15.5. The van der Waals surface area contributed by atoms with Crippen LogP contribution in [0.1, 0.15) is 5.56 Å². The zero-order valence-corrected chi connectivity index (χ0v) is 12.0. The largest absolute Gasteiger partial charge is 0.478 e. The van der Waals surface area contributed by atoms with Gasteiger partial charge in [-0.3, -0.25) is 0 Å². The average molecular weight is 345 g/mol. The van der Waals surface area contributed by atoms with Crippen LogP contribution in [0.2, 0.25) is 5.02 Å². The van der Waals surface area contributed by atoms with Crippen molar-refractivity contribution in [1.82, 2.24) is 0 Å². The highest BCUT2D eigenvalue weighted by Gasteiger charge is 2.48. The number of furan rings is 1. The number of ether oxygens (including phenoxy) is 1. The summed E-state index contributed by atoms with van der Waals surface area (Å²) in [6, 6.07) is 6.13. The van der Waals surface area contributed by atoms with Gasteiger partial charge in [-0.2, -0.15) is 13.2 Å². The first-order chi connectivity index (χ1) is 10.8. The third kappa shape index (κ3) is 2.79. The molecule has 120 valence electrons. The van der Waals surface area contributed by atoms with Crippen molar-refractivity contribution in [2.24, 2.45) is 0 Å². The summed E-state index contributed by atoms with van der Waals surface area (Å²) in [6.45, 7) is 0. The fourth-order valence-electron chi connectivity index (χ4n) is 2.27. The first-order valence-electron chi connectivity index (χ1n) is 6.33. The zero-order chi connectivity index (χ0) is 16.8. The Balaban J connectivity index is 2.15. The van der Waals surface area contributed by atoms with Crippen molar-refractivity contribution >= 4 is 23.6 Å². The number of carboxylic acid groups (broad SMARTS) is 1. The summed E-state index contributed by atoms with van der Waals surface area (Å²) in [5.41, 5.74) is -0.270. The minimum Gasteiger partial charge on any atom is -0.478 e. The van der Waals surface area contributed by atoms with Crippen LogP contribution in [-0.4, -0.2) is 23.4 Å². The fraction of sp³-hybridized carbons (Fsp3) is 0.133. The molecule has 1 aliphatic rings. The molecule has 0 radical (unpaired) electrons. The molecule has 1 aromatic heterocycles. The number of rotatable bonds is 2. The van der Waals surface area contributed by atoms with E-state index in [1.165, 1.54) is 18.4 Å². The predicted octanol–water partition coefficient (Wildman–Crippen LogP) is 4.39. The highest BCUT2D eigenvalue weighted by atomic mass is 35.5. The van der Waals surface area contributed by atoms with Gasteiger partial charge in [-0.25, -0.2) is 4.79 Å². The lowest BCUT2D eigenvalue weighted by atomic mass is 9.99. The van der Waals surface area contributed by atoms with E-state index in [-0.39, 0.29) is 16.3 Å². The van der Waals surface area contributed by atoms with Crippen molar-refractivity contribution in [3.05, 3.63) is 46.7 Å². The predicted molar refractivity (Wildman–Crippen MR) is 75.2 cm³/mol. The SMILES string of the molecule is O=C(O)C1=Cc2cc(-c3ccco3)cc(Cl)c2OC1C(F)(F)F. The van der Waals surface area contributed by atoms with Gasteiger partial charge in [0.1, 0.15) is 11.5 Å². The topological polar surface area (TPSA) is 59.7 Å². The van der Waals surface area contributed by atoms with Gasteiger partial charge in [0.2, 0.25) is 6.10 Å². The van der Waals surface area contributed by atoms with Crippen molar-refractivity contribution in [3.8, 4) is 17.1 Å². The lowest BCUT2D eigenvalue weighted by Gasteiger charge is -2.27. The molecule has 1 aliphatic heterocycles. The highest BCUT2D eigenvalue weighted by molar-refractivity contribution is 6.32. The first-order valence-corrected chi connectivity index (χ1v) is 6.71. The van der Waals surface area contributed by atoms with Gasteiger partial charge >= 0.3 is 12.1 Å². The van der Waals surface area contributed by atoms with Gasteiger partial charge in [-0.1, -0.05) is 11.6 Å². The second kappa shape index (κ2) is 5.34. The Hall–Kier alpha value is -2.41. The minimum absolute atomic E-state index is 0.0659. The van der Waals surface area contributed by atoms with E-state index < -0.39 is 23.8 Å². The number of hydrogen-bond acceptors (Lipinski definition) is 3. The molecule has 0 amide bonds. The highest BCUT2D eigenvalue weighted by Crippen LogP contribution is 2.43. The van der Waals surface area contributed by atoms with Gasteiger partial charge in [0.25, 0.3) is 0 Å². The molecule has 0 aliphatic carbocycles. The Morgan fingerprint density at radius 2 is 2.04 bits per heavy atom. The molecule has 0 saturated heterocycles. The molecule has 0 fully saturated rings. The molecule has 1 unspecified atom stereocenters. The number of halogens is 4. The Kier molecular flexibility index (Phi) is 3.60. The molecule has 0 saturated carbocycles. The molecule has 23 heavy (non-hydrogen) atoms. The van der Waals surface area contributed by atoms with Crippen LogP contribution in [0, 0.1) is 0 Å². The van der Waals surface area contributed by atoms with Crippen molar-refractivity contribution in [2.75, 3.05) is 0 Å². The molecule has 0 spiro atoms. The Morgan fingerprint density at radius 1 is 1.30 bits per heavy atom. The van der Waals surface area contributed by atoms with Crippen LogP contribution in [0.3, 0.4) is 0 Å². The molecule has 3 rings (SSSR count). The average Bonchev–Trinajstić information content (AvgIpc) is 2.99. The molecular weight excluding hydrogens is 337 g/mol. The number of hydrogen-bond donors (Lipinski definition) is 1. The number of carboxylic acids is 1. The maximum absolute atomic E-state index is 13.0. The molecule has 1 atom stereocenters. The molecule has 1 N–H and O–H groups in total. The normalized spacial score (nSPS) is 17.2. The van der Waals surface area contributed by atoms with E-state index in [4.69, 9.17) is 25.9 Å². The van der Waals surface area contributed by atoms with E-state index in [1.54, 1.807) is 12.1 Å². The van der Waals surface area contributed by atoms with Gasteiger partial charge in [0, 0.05) is 11.1 Å². The van der Waals surface area contributed by atoms with Crippen LogP contribution in [0.4, 0.5) is 13.2 Å². The van der Waals surface area contributed by atoms with Gasteiger partial charge in [-0.15, -0.1) is 0 Å². The summed E-state index contributed by atoms with van der Waals surface area (Å²) in [5.74, 6) is -1.48. The summed E-state index contributed by atoms with van der Waals surface area (Å²) < 4.78 is 49.0. The van der Waals surface area contributed by atoms with Gasteiger partial charge in [0.05, 0.1) is 16.9 Å². The molecule has 1 aromatic carbocycles. The number of carbonyl (C=O) groups is 1. The van der Waals surface area contributed by atoms with Crippen molar-refractivity contribution < 1.29 is 32.2 Å². The van der Waals surface area contributed by atoms with Gasteiger partial charge < -0.3 is 14.3 Å². The maximum atomic E-state index is 13.0. The smallest absolute Gasteiger partial charge is 0.430 e. The van der Waals surface area contributed by atoms with Crippen LogP contribution in [0.15, 0.2) is 40.5 Å². The quantitative estimate of drug-likeness (QED) is 0.877. The van der Waals surface area contributed by atoms with Crippen molar-refractivity contribution in [1.29, 1.82) is 0 Å². The van der Waals surface area contributed by atoms with Crippen molar-refractivity contribution in [2.45, 2.75) is 12.3 Å². The summed E-state index contributed by atoms with van der Waals surface area (Å²) in [6.07, 6.45) is -5.10. The number of fused-ring (bicyclic) bond motifs is 1. The summed E-state index contributed by atoms with van der Waals surface area (Å²) in [5, 5.41) is 8.95. The Morgan fingerprint density at radius 3 is 2.61 bits per heavy atom. The standard InChI is InChI=1S/C15H8ClF3O4/c16-10-6-7(11-2-1-3-22-11)4-8-5-9(14(20)21)13(15(17,18)19)23-12(8)10/h1-6,13H,(H,20,21). The number of alkyl halides is 3. The Labute approximate surface area is 132 Å². The lowest BCUT2D eigenvalue weighted by Crippen LogP contribution is -2.40. The third-order valence-electron chi connectivity index (χ3n) is 3.25. The molecule has 8 heteroatoms. The lowest BCUT2D eigenvalue weighted by molar-refractivity contribution is -0.187. The molecule has 2 heterocycles. The van der Waals surface area contributed by atoms with E-state index >= 15 is 0 Å². The summed E-state index contributed by atoms with van der Waals surface area (Å²) in [4.78, 5) is 11.1. The molecule has 0 bridgehead atoms. The van der Waals surface area contributed by atoms with Crippen molar-refractivity contribution in [3.63, 3.8) is 0 Å². The van der Waals surface area contributed by atoms with Crippen LogP contribution in [-0.2, 0) is 4.79 Å². The Bertz CT molecular complexity index is 794. The molecular formula is C15H8ClF3O4. The number of benzene rings is 1. The fourth-order valence-corrected chi connectivity index (χ4v) is 2.54. The maximum Gasteiger partial charge on any atom is 0.430 e. The summed E-state index contributed by atoms with van der Waals surface area (Å²) >= 11 is 6.00. The third-order valence-corrected chi connectivity index (χ3v) is 3.53. The van der Waals surface area contributed by atoms with Crippen LogP contribution in [0.5, 0.6) is 5.75 Å². The summed E-state index contributed by atoms with van der Waals surface area (Å²) in [7, 11) is 0. The van der Waals surface area contributed by atoms with E-state index in [9.17, 15) is 18.0 Å². The second-order valence-electron chi connectivity index (χ2n) is 4.80. The van der Waals surface area contributed by atoms with E-state index in [0.29, 0.717) is 11.3 Å². The van der Waals surface area contributed by atoms with Crippen LogP contribution < -0.4 is 4.74 Å². The van der Waals surface area contributed by atoms with E-state index in [1.807, 2.05) is 0 Å². The van der Waals surface area contributed by atoms with E-state index in [2.05, 4.69) is 0 Å². The van der Waals surface area contributed by atoms with Crippen LogP contribution in [0.25, 0.3) is 17.4 Å². The number of aliphatic carboxylic acids is 1. The monoisotopic (exact) mass is 344 g/mol. The van der Waals surface area contributed by atoms with Gasteiger partial charge in [0.15, 0.2) is 0 Å². The van der Waals surface area contributed by atoms with E-state index in [0.717, 1.165) is 6.08 Å². The molecule has 2 aromatic rings. The molecule has 4 nitrogen and oxygen atoms in total. The van der Waals surface area contributed by atoms with Crippen LogP contribution >= 0.6 is 11.6 Å². The second-order valence-corrected chi connectivity index (χ2v) is 5.21.